The Morgan fingerprint density at radius 2 is 2.00 bits per heavy atom. The number of benzene rings is 1. The van der Waals surface area contributed by atoms with Crippen LogP contribution in [0, 0.1) is 11.3 Å². The fraction of sp³-hybridized carbons (Fsp3) is 0.467. The standard InChI is InChI=1S/C15H20N2O3/c1-9(2)15(3)8-13(18)17(14(15)19)12-6-5-10(20-4)7-11(12)16/h5-7,9H,8,16H2,1-4H3. The van der Waals surface area contributed by atoms with Crippen molar-refractivity contribution < 1.29 is 14.3 Å². The number of methoxy groups -OCH3 is 1. The summed E-state index contributed by atoms with van der Waals surface area (Å²) in [4.78, 5) is 26.0. The Morgan fingerprint density at radius 1 is 1.35 bits per heavy atom. The van der Waals surface area contributed by atoms with Gasteiger partial charge in [0.05, 0.1) is 23.9 Å². The highest BCUT2D eigenvalue weighted by atomic mass is 16.5. The minimum absolute atomic E-state index is 0.0865. The number of hydrogen-bond acceptors (Lipinski definition) is 4. The molecule has 0 radical (unpaired) electrons. The Morgan fingerprint density at radius 3 is 2.45 bits per heavy atom. The molecule has 1 aromatic carbocycles. The van der Waals surface area contributed by atoms with Gasteiger partial charge >= 0.3 is 0 Å². The number of nitrogens with two attached hydrogens (primary N) is 1. The summed E-state index contributed by atoms with van der Waals surface area (Å²) in [5.41, 5.74) is 6.07. The molecule has 1 aliphatic heterocycles. The maximum Gasteiger partial charge on any atom is 0.240 e. The SMILES string of the molecule is COc1ccc(N2C(=O)CC(C)(C(C)C)C2=O)c(N)c1. The predicted molar refractivity (Wildman–Crippen MR) is 77.5 cm³/mol. The highest BCUT2D eigenvalue weighted by Crippen LogP contribution is 2.42. The molecule has 1 saturated heterocycles. The molecule has 1 fully saturated rings. The number of hydrogen-bond donors (Lipinski definition) is 1. The molecule has 0 spiro atoms. The number of carbonyl (C=O) groups is 2. The fourth-order valence-corrected chi connectivity index (χ4v) is 2.40. The van der Waals surface area contributed by atoms with Crippen LogP contribution in [0.2, 0.25) is 0 Å². The van der Waals surface area contributed by atoms with Crippen molar-refractivity contribution in [2.45, 2.75) is 27.2 Å². The minimum Gasteiger partial charge on any atom is -0.497 e. The highest BCUT2D eigenvalue weighted by molar-refractivity contribution is 6.23. The summed E-state index contributed by atoms with van der Waals surface area (Å²) >= 11 is 0. The van der Waals surface area contributed by atoms with E-state index in [1.807, 2.05) is 20.8 Å². The number of nitrogens with zero attached hydrogens (tertiary/aromatic N) is 1. The van der Waals surface area contributed by atoms with Crippen LogP contribution in [0.25, 0.3) is 0 Å². The second-order valence-electron chi connectivity index (χ2n) is 5.71. The molecule has 1 unspecified atom stereocenters. The number of amides is 2. The van der Waals surface area contributed by atoms with Crippen molar-refractivity contribution in [3.63, 3.8) is 0 Å². The molecule has 1 aliphatic rings. The maximum absolute atomic E-state index is 12.6. The van der Waals surface area contributed by atoms with Gasteiger partial charge in [-0.1, -0.05) is 13.8 Å². The average Bonchev–Trinajstić information content (AvgIpc) is 2.62. The zero-order valence-electron chi connectivity index (χ0n) is 12.3. The van der Waals surface area contributed by atoms with Crippen molar-refractivity contribution in [2.75, 3.05) is 17.7 Å². The zero-order valence-corrected chi connectivity index (χ0v) is 12.3. The van der Waals surface area contributed by atoms with Crippen molar-refractivity contribution in [1.82, 2.24) is 0 Å². The van der Waals surface area contributed by atoms with Crippen LogP contribution >= 0.6 is 0 Å². The number of ether oxygens (including phenoxy) is 1. The Kier molecular flexibility index (Phi) is 3.46. The van der Waals surface area contributed by atoms with Crippen LogP contribution in [0.1, 0.15) is 27.2 Å². The van der Waals surface area contributed by atoms with E-state index < -0.39 is 5.41 Å². The first-order valence-electron chi connectivity index (χ1n) is 6.62. The molecular formula is C15H20N2O3. The number of imide groups is 1. The third kappa shape index (κ3) is 2.03. The molecule has 0 aromatic heterocycles. The molecule has 0 bridgehead atoms. The van der Waals surface area contributed by atoms with Crippen LogP contribution in [-0.4, -0.2) is 18.9 Å². The van der Waals surface area contributed by atoms with Gasteiger partial charge in [-0.05, 0) is 25.0 Å². The van der Waals surface area contributed by atoms with E-state index in [0.29, 0.717) is 17.1 Å². The lowest BCUT2D eigenvalue weighted by molar-refractivity contribution is -0.126. The summed E-state index contributed by atoms with van der Waals surface area (Å²) in [6.07, 6.45) is 0.217. The molecule has 0 saturated carbocycles. The topological polar surface area (TPSA) is 72.6 Å². The molecule has 5 nitrogen and oxygen atoms in total. The lowest BCUT2D eigenvalue weighted by Gasteiger charge is -2.26. The summed E-state index contributed by atoms with van der Waals surface area (Å²) in [6.45, 7) is 5.73. The fourth-order valence-electron chi connectivity index (χ4n) is 2.40. The Hall–Kier alpha value is -2.04. The smallest absolute Gasteiger partial charge is 0.240 e. The first kappa shape index (κ1) is 14.4. The van der Waals surface area contributed by atoms with Crippen molar-refractivity contribution in [3.8, 4) is 5.75 Å². The Balaban J connectivity index is 2.44. The van der Waals surface area contributed by atoms with Gasteiger partial charge in [0.15, 0.2) is 0 Å². The lowest BCUT2D eigenvalue weighted by atomic mass is 9.78. The van der Waals surface area contributed by atoms with Gasteiger partial charge in [-0.25, -0.2) is 4.90 Å². The zero-order chi connectivity index (χ0) is 15.1. The van der Waals surface area contributed by atoms with Gasteiger partial charge in [-0.2, -0.15) is 0 Å². The third-order valence-electron chi connectivity index (χ3n) is 4.21. The van der Waals surface area contributed by atoms with Crippen molar-refractivity contribution in [1.29, 1.82) is 0 Å². The molecule has 1 aromatic rings. The van der Waals surface area contributed by atoms with E-state index in [1.165, 1.54) is 12.0 Å². The molecule has 1 atom stereocenters. The van der Waals surface area contributed by atoms with E-state index in [2.05, 4.69) is 0 Å². The van der Waals surface area contributed by atoms with Gasteiger partial charge in [-0.15, -0.1) is 0 Å². The molecule has 20 heavy (non-hydrogen) atoms. The third-order valence-corrected chi connectivity index (χ3v) is 4.21. The van der Waals surface area contributed by atoms with Crippen molar-refractivity contribution in [2.24, 2.45) is 11.3 Å². The van der Waals surface area contributed by atoms with Gasteiger partial charge in [0, 0.05) is 12.5 Å². The Bertz CT molecular complexity index is 568. The summed E-state index contributed by atoms with van der Waals surface area (Å²) in [7, 11) is 1.54. The molecule has 0 aliphatic carbocycles. The van der Waals surface area contributed by atoms with E-state index in [-0.39, 0.29) is 24.2 Å². The lowest BCUT2D eigenvalue weighted by Crippen LogP contribution is -2.37. The van der Waals surface area contributed by atoms with Gasteiger partial charge in [0.1, 0.15) is 5.75 Å². The summed E-state index contributed by atoms with van der Waals surface area (Å²) < 4.78 is 5.08. The first-order chi connectivity index (χ1) is 9.31. The maximum atomic E-state index is 12.6. The van der Waals surface area contributed by atoms with E-state index in [1.54, 1.807) is 18.2 Å². The van der Waals surface area contributed by atoms with E-state index in [9.17, 15) is 9.59 Å². The number of anilines is 2. The van der Waals surface area contributed by atoms with Crippen LogP contribution in [0.15, 0.2) is 18.2 Å². The highest BCUT2D eigenvalue weighted by Gasteiger charge is 2.50. The summed E-state index contributed by atoms with van der Waals surface area (Å²) in [5.74, 6) is 0.290. The monoisotopic (exact) mass is 276 g/mol. The van der Waals surface area contributed by atoms with Gasteiger partial charge in [0.2, 0.25) is 11.8 Å². The molecule has 1 heterocycles. The second-order valence-corrected chi connectivity index (χ2v) is 5.71. The summed E-state index contributed by atoms with van der Waals surface area (Å²) in [6, 6.07) is 4.95. The molecule has 2 rings (SSSR count). The molecule has 2 amide bonds. The van der Waals surface area contributed by atoms with Gasteiger partial charge in [-0.3, -0.25) is 9.59 Å². The Labute approximate surface area is 118 Å². The van der Waals surface area contributed by atoms with E-state index in [0.717, 1.165) is 0 Å². The quantitative estimate of drug-likeness (QED) is 0.678. The van der Waals surface area contributed by atoms with Crippen LogP contribution in [0.4, 0.5) is 11.4 Å². The minimum atomic E-state index is -0.663. The van der Waals surface area contributed by atoms with Crippen molar-refractivity contribution in [3.05, 3.63) is 18.2 Å². The number of nitrogen functional groups attached to an aromatic ring is 1. The molecule has 2 N–H and O–H groups in total. The number of rotatable bonds is 3. The van der Waals surface area contributed by atoms with E-state index in [4.69, 9.17) is 10.5 Å². The molecule has 108 valence electrons. The summed E-state index contributed by atoms with van der Waals surface area (Å²) in [5, 5.41) is 0. The molecular weight excluding hydrogens is 256 g/mol. The predicted octanol–water partition coefficient (Wildman–Crippen LogP) is 2.20. The first-order valence-corrected chi connectivity index (χ1v) is 6.62. The largest absolute Gasteiger partial charge is 0.497 e. The van der Waals surface area contributed by atoms with Gasteiger partial charge in [0.25, 0.3) is 0 Å². The van der Waals surface area contributed by atoms with Crippen molar-refractivity contribution >= 4 is 23.2 Å². The van der Waals surface area contributed by atoms with E-state index >= 15 is 0 Å². The number of carbonyl (C=O) groups excluding carboxylic acids is 2. The second kappa shape index (κ2) is 4.81. The molecule has 5 heteroatoms. The van der Waals surface area contributed by atoms with Crippen LogP contribution in [0.3, 0.4) is 0 Å². The normalized spacial score (nSPS) is 22.8. The van der Waals surface area contributed by atoms with Gasteiger partial charge < -0.3 is 10.5 Å². The van der Waals surface area contributed by atoms with Crippen LogP contribution in [-0.2, 0) is 9.59 Å². The van der Waals surface area contributed by atoms with Crippen LogP contribution in [0.5, 0.6) is 5.75 Å². The average molecular weight is 276 g/mol. The van der Waals surface area contributed by atoms with Crippen LogP contribution < -0.4 is 15.4 Å².